The number of amides is 1. The van der Waals surface area contributed by atoms with Crippen molar-refractivity contribution in [1.29, 1.82) is 0 Å². The first-order valence-electron chi connectivity index (χ1n) is 7.93. The summed E-state index contributed by atoms with van der Waals surface area (Å²) in [6, 6.07) is 6.28. The van der Waals surface area contributed by atoms with Gasteiger partial charge in [-0.2, -0.15) is 0 Å². The summed E-state index contributed by atoms with van der Waals surface area (Å²) in [6.45, 7) is 0. The third-order valence-electron chi connectivity index (χ3n) is 5.81. The first kappa shape index (κ1) is 14.2. The summed E-state index contributed by atoms with van der Waals surface area (Å²) in [5.74, 6) is 0.395. The molecule has 1 aromatic rings. The summed E-state index contributed by atoms with van der Waals surface area (Å²) >= 11 is 3.55. The van der Waals surface area contributed by atoms with Crippen LogP contribution in [-0.2, 0) is 16.8 Å². The Hall–Kier alpha value is -1.36. The lowest BCUT2D eigenvalue weighted by Gasteiger charge is -2.43. The van der Waals surface area contributed by atoms with Crippen LogP contribution < -0.4 is 5.73 Å². The van der Waals surface area contributed by atoms with E-state index >= 15 is 0 Å². The minimum Gasteiger partial charge on any atom is -0.369 e. The smallest absolute Gasteiger partial charge is 0.262 e. The molecule has 1 aromatic carbocycles. The minimum absolute atomic E-state index is 0.0451. The number of halogens is 1. The van der Waals surface area contributed by atoms with Gasteiger partial charge in [-0.25, -0.2) is 4.99 Å². The van der Waals surface area contributed by atoms with Crippen molar-refractivity contribution in [1.82, 2.24) is 4.90 Å². The van der Waals surface area contributed by atoms with Crippen molar-refractivity contribution in [3.05, 3.63) is 33.8 Å². The molecule has 1 aliphatic heterocycles. The largest absolute Gasteiger partial charge is 0.369 e. The molecule has 2 spiro atoms. The van der Waals surface area contributed by atoms with Crippen molar-refractivity contribution in [2.45, 2.75) is 44.1 Å². The zero-order valence-electron chi connectivity index (χ0n) is 12.7. The van der Waals surface area contributed by atoms with E-state index in [4.69, 9.17) is 10.7 Å². The quantitative estimate of drug-likeness (QED) is 0.772. The van der Waals surface area contributed by atoms with Crippen molar-refractivity contribution in [3.8, 4) is 0 Å². The summed E-state index contributed by atoms with van der Waals surface area (Å²) in [6.07, 6.45) is 6.63. The second-order valence-corrected chi connectivity index (χ2v) is 7.78. The number of nitrogens with two attached hydrogens (primary N) is 1. The Morgan fingerprint density at radius 2 is 2.00 bits per heavy atom. The summed E-state index contributed by atoms with van der Waals surface area (Å²) < 4.78 is 0.995. The number of likely N-dealkylation sites (N-methyl/N-ethyl adjacent to an activating group) is 1. The van der Waals surface area contributed by atoms with Crippen molar-refractivity contribution in [2.75, 3.05) is 7.05 Å². The van der Waals surface area contributed by atoms with E-state index in [1.165, 1.54) is 29.7 Å². The van der Waals surface area contributed by atoms with Crippen LogP contribution in [0.15, 0.2) is 27.7 Å². The van der Waals surface area contributed by atoms with E-state index in [0.717, 1.165) is 29.3 Å². The Morgan fingerprint density at radius 1 is 1.27 bits per heavy atom. The van der Waals surface area contributed by atoms with E-state index in [2.05, 4.69) is 34.1 Å². The molecule has 2 N–H and O–H groups in total. The summed E-state index contributed by atoms with van der Waals surface area (Å²) in [5, 5.41) is 0. The van der Waals surface area contributed by atoms with Gasteiger partial charge in [0.2, 0.25) is 0 Å². The normalized spacial score (nSPS) is 29.3. The number of guanidine groups is 1. The van der Waals surface area contributed by atoms with Gasteiger partial charge >= 0.3 is 0 Å². The van der Waals surface area contributed by atoms with Crippen LogP contribution in [0.4, 0.5) is 0 Å². The fourth-order valence-corrected chi connectivity index (χ4v) is 5.11. The molecule has 0 radical (unpaired) electrons. The van der Waals surface area contributed by atoms with Crippen LogP contribution in [0.25, 0.3) is 0 Å². The maximum Gasteiger partial charge on any atom is 0.262 e. The van der Waals surface area contributed by atoms with Crippen molar-refractivity contribution < 1.29 is 4.79 Å². The molecular weight excluding hydrogens is 342 g/mol. The van der Waals surface area contributed by atoms with Gasteiger partial charge in [0, 0.05) is 16.9 Å². The summed E-state index contributed by atoms with van der Waals surface area (Å²) in [5.41, 5.74) is 7.47. The summed E-state index contributed by atoms with van der Waals surface area (Å²) in [4.78, 5) is 19.5. The number of benzene rings is 1. The highest BCUT2D eigenvalue weighted by molar-refractivity contribution is 9.10. The van der Waals surface area contributed by atoms with E-state index in [1.807, 2.05) is 0 Å². The molecule has 22 heavy (non-hydrogen) atoms. The number of aliphatic imine (C=N–C) groups is 1. The number of rotatable bonds is 0. The van der Waals surface area contributed by atoms with E-state index in [9.17, 15) is 4.79 Å². The van der Waals surface area contributed by atoms with Crippen LogP contribution in [0.5, 0.6) is 0 Å². The molecule has 0 aromatic heterocycles. The monoisotopic (exact) mass is 361 g/mol. The van der Waals surface area contributed by atoms with Crippen LogP contribution >= 0.6 is 15.9 Å². The molecule has 4 rings (SSSR count). The van der Waals surface area contributed by atoms with Crippen LogP contribution in [0.1, 0.15) is 43.2 Å². The molecule has 1 unspecified atom stereocenters. The SMILES string of the molecule is CN1C(=O)C2(N=C1N)c1cc(Br)ccc1CC21CCCCC1. The average molecular weight is 362 g/mol. The molecule has 3 aliphatic rings. The van der Waals surface area contributed by atoms with Crippen molar-refractivity contribution in [2.24, 2.45) is 16.1 Å². The molecule has 5 heteroatoms. The van der Waals surface area contributed by atoms with Gasteiger partial charge in [0.15, 0.2) is 11.5 Å². The van der Waals surface area contributed by atoms with Crippen molar-refractivity contribution >= 4 is 27.8 Å². The highest BCUT2D eigenvalue weighted by Crippen LogP contribution is 2.61. The number of hydrogen-bond acceptors (Lipinski definition) is 3. The molecular formula is C17H20BrN3O. The molecule has 116 valence electrons. The molecule has 1 amide bonds. The molecule has 1 saturated carbocycles. The lowest BCUT2D eigenvalue weighted by molar-refractivity contribution is -0.136. The number of carbonyl (C=O) groups is 1. The molecule has 1 fully saturated rings. The highest BCUT2D eigenvalue weighted by Gasteiger charge is 2.65. The lowest BCUT2D eigenvalue weighted by Crippen LogP contribution is -2.50. The Balaban J connectivity index is 1.99. The molecule has 2 aliphatic carbocycles. The fraction of sp³-hybridized carbons (Fsp3) is 0.529. The zero-order chi connectivity index (χ0) is 15.5. The maximum atomic E-state index is 13.2. The zero-order valence-corrected chi connectivity index (χ0v) is 14.3. The van der Waals surface area contributed by atoms with Gasteiger partial charge in [-0.15, -0.1) is 0 Å². The van der Waals surface area contributed by atoms with Crippen LogP contribution in [0, 0.1) is 5.41 Å². The number of hydrogen-bond donors (Lipinski definition) is 1. The number of carbonyl (C=O) groups excluding carboxylic acids is 1. The average Bonchev–Trinajstić information content (AvgIpc) is 2.90. The predicted octanol–water partition coefficient (Wildman–Crippen LogP) is 2.94. The van der Waals surface area contributed by atoms with Gasteiger partial charge < -0.3 is 5.73 Å². The molecule has 1 atom stereocenters. The third-order valence-corrected chi connectivity index (χ3v) is 6.30. The van der Waals surface area contributed by atoms with Crippen LogP contribution in [0.3, 0.4) is 0 Å². The summed E-state index contributed by atoms with van der Waals surface area (Å²) in [7, 11) is 1.74. The van der Waals surface area contributed by atoms with Gasteiger partial charge in [0.1, 0.15) is 0 Å². The first-order chi connectivity index (χ1) is 10.5. The topological polar surface area (TPSA) is 58.7 Å². The van der Waals surface area contributed by atoms with E-state index in [-0.39, 0.29) is 11.3 Å². The van der Waals surface area contributed by atoms with Gasteiger partial charge in [-0.1, -0.05) is 41.3 Å². The molecule has 1 heterocycles. The first-order valence-corrected chi connectivity index (χ1v) is 8.72. The van der Waals surface area contributed by atoms with Gasteiger partial charge in [0.25, 0.3) is 5.91 Å². The lowest BCUT2D eigenvalue weighted by atomic mass is 9.62. The van der Waals surface area contributed by atoms with Gasteiger partial charge in [0.05, 0.1) is 0 Å². The molecule has 4 nitrogen and oxygen atoms in total. The van der Waals surface area contributed by atoms with E-state index in [0.29, 0.717) is 5.96 Å². The molecule has 0 bridgehead atoms. The van der Waals surface area contributed by atoms with Crippen molar-refractivity contribution in [3.63, 3.8) is 0 Å². The Labute approximate surface area is 138 Å². The van der Waals surface area contributed by atoms with E-state index < -0.39 is 5.54 Å². The van der Waals surface area contributed by atoms with Crippen LogP contribution in [0.2, 0.25) is 0 Å². The van der Waals surface area contributed by atoms with E-state index in [1.54, 1.807) is 7.05 Å². The highest BCUT2D eigenvalue weighted by atomic mass is 79.9. The molecule has 0 saturated heterocycles. The van der Waals surface area contributed by atoms with Gasteiger partial charge in [-0.05, 0) is 42.5 Å². The second-order valence-electron chi connectivity index (χ2n) is 6.86. The maximum absolute atomic E-state index is 13.2. The fourth-order valence-electron chi connectivity index (χ4n) is 4.75. The Kier molecular flexibility index (Phi) is 2.96. The predicted molar refractivity (Wildman–Crippen MR) is 89.4 cm³/mol. The Bertz CT molecular complexity index is 693. The standard InChI is InChI=1S/C17H20BrN3O/c1-21-14(22)17(20-15(21)19)13-9-12(18)6-5-11(13)10-16(17)7-3-2-4-8-16/h5-6,9H,2-4,7-8,10H2,1H3,(H2,19,20). The minimum atomic E-state index is -0.800. The Morgan fingerprint density at radius 3 is 2.64 bits per heavy atom. The second kappa shape index (κ2) is 4.57. The van der Waals surface area contributed by atoms with Gasteiger partial charge in [-0.3, -0.25) is 9.69 Å². The third kappa shape index (κ3) is 1.58. The number of fused-ring (bicyclic) bond motifs is 3. The number of nitrogens with zero attached hydrogens (tertiary/aromatic N) is 2. The van der Waals surface area contributed by atoms with Crippen LogP contribution in [-0.4, -0.2) is 23.8 Å².